The first-order valence-corrected chi connectivity index (χ1v) is 12.4. The summed E-state index contributed by atoms with van der Waals surface area (Å²) < 4.78 is 7.08. The molecular weight excluding hydrogens is 508 g/mol. The molecule has 1 heterocycles. The smallest absolute Gasteiger partial charge is 0.264 e. The second-order valence-electron chi connectivity index (χ2n) is 7.97. The number of rotatable bonds is 5. The van der Waals surface area contributed by atoms with E-state index >= 15 is 0 Å². The van der Waals surface area contributed by atoms with Crippen LogP contribution in [0.1, 0.15) is 16.7 Å². The molecule has 6 heteroatoms. The van der Waals surface area contributed by atoms with Crippen molar-refractivity contribution in [2.45, 2.75) is 13.5 Å². The van der Waals surface area contributed by atoms with Gasteiger partial charge in [0.1, 0.15) is 12.4 Å². The van der Waals surface area contributed by atoms with Crippen LogP contribution >= 0.6 is 27.7 Å². The summed E-state index contributed by atoms with van der Waals surface area (Å²) in [7, 11) is 0. The van der Waals surface area contributed by atoms with E-state index in [1.165, 1.54) is 28.1 Å². The molecule has 1 aliphatic rings. The van der Waals surface area contributed by atoms with Gasteiger partial charge in [0.2, 0.25) is 0 Å². The summed E-state index contributed by atoms with van der Waals surface area (Å²) in [5.41, 5.74) is 3.88. The lowest BCUT2D eigenvalue weighted by Crippen LogP contribution is -2.19. The van der Waals surface area contributed by atoms with E-state index in [2.05, 4.69) is 56.6 Å². The number of thioether (sulfide) groups is 1. The summed E-state index contributed by atoms with van der Waals surface area (Å²) in [6.45, 7) is 2.46. The van der Waals surface area contributed by atoms with E-state index in [0.717, 1.165) is 21.3 Å². The van der Waals surface area contributed by atoms with Gasteiger partial charge in [-0.05, 0) is 77.5 Å². The maximum absolute atomic E-state index is 12.6. The van der Waals surface area contributed by atoms with Crippen molar-refractivity contribution in [2.24, 2.45) is 4.99 Å². The van der Waals surface area contributed by atoms with Gasteiger partial charge >= 0.3 is 0 Å². The van der Waals surface area contributed by atoms with Crippen molar-refractivity contribution in [1.82, 2.24) is 5.32 Å². The van der Waals surface area contributed by atoms with Gasteiger partial charge in [0, 0.05) is 10.0 Å². The molecule has 1 fully saturated rings. The molecule has 0 unspecified atom stereocenters. The molecule has 1 N–H and O–H groups in total. The monoisotopic (exact) mass is 528 g/mol. The van der Waals surface area contributed by atoms with Gasteiger partial charge in [-0.2, -0.15) is 0 Å². The number of nitrogens with one attached hydrogen (secondary N) is 1. The lowest BCUT2D eigenvalue weighted by molar-refractivity contribution is -0.115. The number of aliphatic imine (C=N–C) groups is 1. The van der Waals surface area contributed by atoms with Gasteiger partial charge < -0.3 is 10.1 Å². The van der Waals surface area contributed by atoms with Crippen molar-refractivity contribution in [3.8, 4) is 5.75 Å². The quantitative estimate of drug-likeness (QED) is 0.275. The molecule has 0 aliphatic carbocycles. The van der Waals surface area contributed by atoms with E-state index in [4.69, 9.17) is 4.74 Å². The van der Waals surface area contributed by atoms with Gasteiger partial charge in [-0.1, -0.05) is 70.0 Å². The highest BCUT2D eigenvalue weighted by Gasteiger charge is 2.24. The highest BCUT2D eigenvalue weighted by molar-refractivity contribution is 9.10. The van der Waals surface area contributed by atoms with Crippen molar-refractivity contribution in [3.63, 3.8) is 0 Å². The molecule has 1 aliphatic heterocycles. The number of hydrogen-bond donors (Lipinski definition) is 1. The molecule has 4 aromatic rings. The second kappa shape index (κ2) is 9.87. The molecule has 34 heavy (non-hydrogen) atoms. The lowest BCUT2D eigenvalue weighted by atomic mass is 10.1. The van der Waals surface area contributed by atoms with Gasteiger partial charge in [0.15, 0.2) is 5.17 Å². The molecule has 4 nitrogen and oxygen atoms in total. The number of amidine groups is 1. The first-order chi connectivity index (χ1) is 16.5. The number of aryl methyl sites for hydroxylation is 1. The maximum Gasteiger partial charge on any atom is 0.264 e. The molecular formula is C28H21BrN2O2S. The summed E-state index contributed by atoms with van der Waals surface area (Å²) in [6, 6.07) is 28.2. The third kappa shape index (κ3) is 5.24. The van der Waals surface area contributed by atoms with Gasteiger partial charge in [-0.15, -0.1) is 0 Å². The van der Waals surface area contributed by atoms with Gasteiger partial charge in [-0.3, -0.25) is 4.79 Å². The first-order valence-electron chi connectivity index (χ1n) is 10.8. The summed E-state index contributed by atoms with van der Waals surface area (Å²) in [4.78, 5) is 17.7. The number of carbonyl (C=O) groups is 1. The number of halogens is 1. The Morgan fingerprint density at radius 1 is 0.971 bits per heavy atom. The fourth-order valence-corrected chi connectivity index (χ4v) is 4.82. The van der Waals surface area contributed by atoms with E-state index < -0.39 is 0 Å². The van der Waals surface area contributed by atoms with Crippen molar-refractivity contribution in [2.75, 3.05) is 0 Å². The fourth-order valence-electron chi connectivity index (χ4n) is 3.61. The minimum absolute atomic E-state index is 0.170. The maximum atomic E-state index is 12.6. The Bertz CT molecular complexity index is 1440. The Kier molecular flexibility index (Phi) is 6.52. The van der Waals surface area contributed by atoms with E-state index in [-0.39, 0.29) is 5.91 Å². The molecule has 168 valence electrons. The van der Waals surface area contributed by atoms with Crippen LogP contribution in [-0.2, 0) is 11.4 Å². The lowest BCUT2D eigenvalue weighted by Gasteiger charge is -2.11. The standard InChI is InChI=1S/C28H21BrN2O2S/c1-18-6-11-24(12-7-18)30-28-31-27(32)26(34-28)16-22-15-23(29)10-13-25(22)33-17-19-8-9-20-4-2-3-5-21(20)14-19/h2-16H,17H2,1H3,(H,30,31,32)/b26-16+. The minimum Gasteiger partial charge on any atom is -0.488 e. The van der Waals surface area contributed by atoms with E-state index in [0.29, 0.717) is 22.4 Å². The Labute approximate surface area is 210 Å². The van der Waals surface area contributed by atoms with Crippen molar-refractivity contribution < 1.29 is 9.53 Å². The van der Waals surface area contributed by atoms with E-state index in [9.17, 15) is 4.79 Å². The van der Waals surface area contributed by atoms with Crippen molar-refractivity contribution in [3.05, 3.63) is 111 Å². The van der Waals surface area contributed by atoms with Crippen LogP contribution in [0.5, 0.6) is 5.75 Å². The summed E-state index contributed by atoms with van der Waals surface area (Å²) in [5, 5.41) is 5.80. The zero-order chi connectivity index (χ0) is 23.5. The zero-order valence-electron chi connectivity index (χ0n) is 18.4. The van der Waals surface area contributed by atoms with Crippen LogP contribution in [0.2, 0.25) is 0 Å². The van der Waals surface area contributed by atoms with Crippen molar-refractivity contribution in [1.29, 1.82) is 0 Å². The van der Waals surface area contributed by atoms with Crippen molar-refractivity contribution >= 4 is 61.3 Å². The summed E-state index contributed by atoms with van der Waals surface area (Å²) in [5.74, 6) is 0.539. The third-order valence-corrected chi connectivity index (χ3v) is 6.79. The predicted molar refractivity (Wildman–Crippen MR) is 144 cm³/mol. The largest absolute Gasteiger partial charge is 0.488 e. The number of ether oxygens (including phenoxy) is 1. The predicted octanol–water partition coefficient (Wildman–Crippen LogP) is 7.38. The van der Waals surface area contributed by atoms with Crippen LogP contribution in [0.3, 0.4) is 0 Å². The average Bonchev–Trinajstić information content (AvgIpc) is 3.18. The molecule has 0 saturated carbocycles. The Hall–Kier alpha value is -3.35. The van der Waals surface area contributed by atoms with Gasteiger partial charge in [0.05, 0.1) is 10.6 Å². The summed E-state index contributed by atoms with van der Waals surface area (Å²) in [6.07, 6.45) is 1.85. The molecule has 1 saturated heterocycles. The topological polar surface area (TPSA) is 50.7 Å². The average molecular weight is 529 g/mol. The number of amides is 1. The van der Waals surface area contributed by atoms with E-state index in [1.807, 2.05) is 67.6 Å². The van der Waals surface area contributed by atoms with Crippen LogP contribution in [0.4, 0.5) is 5.69 Å². The van der Waals surface area contributed by atoms with Crippen LogP contribution < -0.4 is 10.1 Å². The summed E-state index contributed by atoms with van der Waals surface area (Å²) >= 11 is 4.85. The normalized spacial score (nSPS) is 15.8. The number of benzene rings is 4. The molecule has 0 bridgehead atoms. The van der Waals surface area contributed by atoms with E-state index in [1.54, 1.807) is 0 Å². The number of hydrogen-bond acceptors (Lipinski definition) is 4. The fraction of sp³-hybridized carbons (Fsp3) is 0.0714. The molecule has 1 amide bonds. The third-order valence-electron chi connectivity index (χ3n) is 5.38. The molecule has 0 atom stereocenters. The van der Waals surface area contributed by atoms with Gasteiger partial charge in [0.25, 0.3) is 5.91 Å². The van der Waals surface area contributed by atoms with Gasteiger partial charge in [-0.25, -0.2) is 4.99 Å². The van der Waals surface area contributed by atoms with Crippen LogP contribution in [0.15, 0.2) is 99.3 Å². The number of nitrogens with zero attached hydrogens (tertiary/aromatic N) is 1. The number of fused-ring (bicyclic) bond motifs is 1. The van der Waals surface area contributed by atoms with Crippen LogP contribution in [-0.4, -0.2) is 11.1 Å². The molecule has 4 aromatic carbocycles. The Morgan fingerprint density at radius 2 is 1.76 bits per heavy atom. The highest BCUT2D eigenvalue weighted by Crippen LogP contribution is 2.32. The molecule has 0 spiro atoms. The Morgan fingerprint density at radius 3 is 2.59 bits per heavy atom. The zero-order valence-corrected chi connectivity index (χ0v) is 20.8. The highest BCUT2D eigenvalue weighted by atomic mass is 79.9. The molecule has 0 aromatic heterocycles. The van der Waals surface area contributed by atoms with Crippen LogP contribution in [0.25, 0.3) is 16.8 Å². The minimum atomic E-state index is -0.170. The molecule has 0 radical (unpaired) electrons. The molecule has 5 rings (SSSR count). The Balaban J connectivity index is 1.36. The number of carbonyl (C=O) groups excluding carboxylic acids is 1. The van der Waals surface area contributed by atoms with Crippen LogP contribution in [0, 0.1) is 6.92 Å². The SMILES string of the molecule is Cc1ccc(N=C2NC(=O)/C(=C\c3cc(Br)ccc3OCc3ccc4ccccc4c3)S2)cc1. The first kappa shape index (κ1) is 22.4. The second-order valence-corrected chi connectivity index (χ2v) is 9.92.